The van der Waals surface area contributed by atoms with Gasteiger partial charge in [-0.3, -0.25) is 4.90 Å². The van der Waals surface area contributed by atoms with Gasteiger partial charge in [0.15, 0.2) is 5.96 Å². The van der Waals surface area contributed by atoms with E-state index in [1.807, 2.05) is 12.1 Å². The van der Waals surface area contributed by atoms with Crippen LogP contribution < -0.4 is 10.6 Å². The number of aromatic hydroxyl groups is 1. The number of benzene rings is 2. The number of nitrogens with one attached hydrogen (secondary N) is 2. The maximum atomic E-state index is 9.40. The van der Waals surface area contributed by atoms with Crippen molar-refractivity contribution in [2.45, 2.75) is 45.3 Å². The van der Waals surface area contributed by atoms with Gasteiger partial charge in [0.05, 0.1) is 6.54 Å². The van der Waals surface area contributed by atoms with Crippen molar-refractivity contribution in [1.82, 2.24) is 15.5 Å². The molecule has 29 heavy (non-hydrogen) atoms. The average Bonchev–Trinajstić information content (AvgIpc) is 2.74. The van der Waals surface area contributed by atoms with Crippen LogP contribution in [0.2, 0.25) is 0 Å². The Balaban J connectivity index is 0.00000300. The number of phenols is 1. The molecule has 0 saturated carbocycles. The van der Waals surface area contributed by atoms with Gasteiger partial charge in [-0.1, -0.05) is 42.5 Å². The zero-order chi connectivity index (χ0) is 19.8. The van der Waals surface area contributed by atoms with E-state index in [-0.39, 0.29) is 29.7 Å². The maximum absolute atomic E-state index is 9.40. The highest BCUT2D eigenvalue weighted by atomic mass is 127. The predicted molar refractivity (Wildman–Crippen MR) is 131 cm³/mol. The number of hydrogen-bond donors (Lipinski definition) is 3. The van der Waals surface area contributed by atoms with Crippen molar-refractivity contribution in [3.05, 3.63) is 65.7 Å². The molecule has 1 atom stereocenters. The van der Waals surface area contributed by atoms with Crippen molar-refractivity contribution in [2.75, 3.05) is 19.6 Å². The maximum Gasteiger partial charge on any atom is 0.191 e. The second-order valence-electron chi connectivity index (χ2n) is 7.40. The monoisotopic (exact) mass is 508 g/mol. The molecule has 2 aromatic carbocycles. The minimum absolute atomic E-state index is 0. The molecule has 0 spiro atoms. The minimum atomic E-state index is 0. The lowest BCUT2D eigenvalue weighted by Gasteiger charge is -2.37. The summed E-state index contributed by atoms with van der Waals surface area (Å²) in [5, 5.41) is 16.4. The van der Waals surface area contributed by atoms with Gasteiger partial charge in [-0.25, -0.2) is 4.99 Å². The molecule has 1 aliphatic rings. The largest absolute Gasteiger partial charge is 0.508 e. The SMILES string of the molecule is CCNC(=NCc1ccc(O)cc1)NC1CCN(C(C)c2ccccc2)CC1.I. The molecular weight excluding hydrogens is 475 g/mol. The quantitative estimate of drug-likeness (QED) is 0.310. The van der Waals surface area contributed by atoms with Crippen LogP contribution >= 0.6 is 24.0 Å². The van der Waals surface area contributed by atoms with E-state index in [1.54, 1.807) is 12.1 Å². The van der Waals surface area contributed by atoms with Gasteiger partial charge in [0, 0.05) is 31.7 Å². The first-order valence-corrected chi connectivity index (χ1v) is 10.3. The third-order valence-corrected chi connectivity index (χ3v) is 5.40. The van der Waals surface area contributed by atoms with Gasteiger partial charge < -0.3 is 15.7 Å². The molecule has 5 nitrogen and oxygen atoms in total. The number of phenolic OH excluding ortho intramolecular Hbond substituents is 1. The van der Waals surface area contributed by atoms with Crippen LogP contribution in [-0.2, 0) is 6.54 Å². The Hall–Kier alpha value is -1.80. The van der Waals surface area contributed by atoms with E-state index in [1.165, 1.54) is 5.56 Å². The Kier molecular flexibility index (Phi) is 9.73. The van der Waals surface area contributed by atoms with Gasteiger partial charge in [0.25, 0.3) is 0 Å². The average molecular weight is 508 g/mol. The molecule has 1 aliphatic heterocycles. The normalized spacial score (nSPS) is 16.7. The van der Waals surface area contributed by atoms with Crippen molar-refractivity contribution in [1.29, 1.82) is 0 Å². The summed E-state index contributed by atoms with van der Waals surface area (Å²) in [6, 6.07) is 18.9. The second kappa shape index (κ2) is 12.0. The zero-order valence-corrected chi connectivity index (χ0v) is 19.7. The Bertz CT molecular complexity index is 743. The Morgan fingerprint density at radius 1 is 1.10 bits per heavy atom. The molecule has 1 heterocycles. The van der Waals surface area contributed by atoms with E-state index in [0.29, 0.717) is 18.6 Å². The Morgan fingerprint density at radius 2 is 1.76 bits per heavy atom. The molecule has 0 bridgehead atoms. The molecule has 0 amide bonds. The van der Waals surface area contributed by atoms with Gasteiger partial charge in [0.2, 0.25) is 0 Å². The minimum Gasteiger partial charge on any atom is -0.508 e. The molecule has 0 aromatic heterocycles. The van der Waals surface area contributed by atoms with Gasteiger partial charge in [0.1, 0.15) is 5.75 Å². The van der Waals surface area contributed by atoms with Gasteiger partial charge in [-0.2, -0.15) is 0 Å². The Morgan fingerprint density at radius 3 is 2.38 bits per heavy atom. The molecule has 3 N–H and O–H groups in total. The number of nitrogens with zero attached hydrogens (tertiary/aromatic N) is 2. The molecule has 0 aliphatic carbocycles. The second-order valence-corrected chi connectivity index (χ2v) is 7.40. The van der Waals surface area contributed by atoms with Crippen LogP contribution in [0.3, 0.4) is 0 Å². The molecular formula is C23H33IN4O. The van der Waals surface area contributed by atoms with Crippen LogP contribution in [0, 0.1) is 0 Å². The predicted octanol–water partition coefficient (Wildman–Crippen LogP) is 4.29. The van der Waals surface area contributed by atoms with Crippen LogP contribution in [-0.4, -0.2) is 41.6 Å². The number of guanidine groups is 1. The van der Waals surface area contributed by atoms with Gasteiger partial charge in [-0.05, 0) is 49.9 Å². The molecule has 3 rings (SSSR count). The topological polar surface area (TPSA) is 59.9 Å². The number of hydrogen-bond acceptors (Lipinski definition) is 3. The summed E-state index contributed by atoms with van der Waals surface area (Å²) in [6.07, 6.45) is 2.22. The third kappa shape index (κ3) is 7.19. The van der Waals surface area contributed by atoms with Crippen molar-refractivity contribution in [2.24, 2.45) is 4.99 Å². The lowest BCUT2D eigenvalue weighted by molar-refractivity contribution is 0.158. The molecule has 1 unspecified atom stereocenters. The van der Waals surface area contributed by atoms with Crippen LogP contribution in [0.4, 0.5) is 0 Å². The fourth-order valence-electron chi connectivity index (χ4n) is 3.66. The number of piperidine rings is 1. The van der Waals surface area contributed by atoms with Crippen molar-refractivity contribution in [3.63, 3.8) is 0 Å². The molecule has 1 saturated heterocycles. The summed E-state index contributed by atoms with van der Waals surface area (Å²) in [5.74, 6) is 1.15. The molecule has 0 radical (unpaired) electrons. The number of likely N-dealkylation sites (tertiary alicyclic amines) is 1. The van der Waals surface area contributed by atoms with Crippen LogP contribution in [0.15, 0.2) is 59.6 Å². The van der Waals surface area contributed by atoms with Crippen LogP contribution in [0.25, 0.3) is 0 Å². The summed E-state index contributed by atoms with van der Waals surface area (Å²) < 4.78 is 0. The van der Waals surface area contributed by atoms with Crippen LogP contribution in [0.5, 0.6) is 5.75 Å². The summed E-state index contributed by atoms with van der Waals surface area (Å²) in [5.41, 5.74) is 2.47. The Labute approximate surface area is 191 Å². The standard InChI is InChI=1S/C23H32N4O.HI/c1-3-24-23(25-17-19-9-11-22(28)12-10-19)26-21-13-15-27(16-14-21)18(2)20-7-5-4-6-8-20;/h4-12,18,21,28H,3,13-17H2,1-2H3,(H2,24,25,26);1H. The highest BCUT2D eigenvalue weighted by Crippen LogP contribution is 2.24. The van der Waals surface area contributed by atoms with Crippen molar-refractivity contribution >= 4 is 29.9 Å². The lowest BCUT2D eigenvalue weighted by atomic mass is 10.0. The lowest BCUT2D eigenvalue weighted by Crippen LogP contribution is -2.49. The highest BCUT2D eigenvalue weighted by molar-refractivity contribution is 14.0. The zero-order valence-electron chi connectivity index (χ0n) is 17.3. The molecule has 158 valence electrons. The number of rotatable bonds is 6. The van der Waals surface area contributed by atoms with E-state index in [4.69, 9.17) is 4.99 Å². The first kappa shape index (κ1) is 23.5. The van der Waals surface area contributed by atoms with E-state index in [9.17, 15) is 5.11 Å². The smallest absolute Gasteiger partial charge is 0.191 e. The van der Waals surface area contributed by atoms with Crippen LogP contribution in [0.1, 0.15) is 43.9 Å². The summed E-state index contributed by atoms with van der Waals surface area (Å²) in [7, 11) is 0. The van der Waals surface area contributed by atoms with Crippen molar-refractivity contribution in [3.8, 4) is 5.75 Å². The molecule has 2 aromatic rings. The summed E-state index contributed by atoms with van der Waals surface area (Å²) in [6.45, 7) is 8.00. The van der Waals surface area contributed by atoms with E-state index < -0.39 is 0 Å². The first-order valence-electron chi connectivity index (χ1n) is 10.3. The van der Waals surface area contributed by atoms with E-state index >= 15 is 0 Å². The number of halogens is 1. The van der Waals surface area contributed by atoms with E-state index in [0.717, 1.165) is 44.0 Å². The fraction of sp³-hybridized carbons (Fsp3) is 0.435. The van der Waals surface area contributed by atoms with E-state index in [2.05, 4.69) is 59.7 Å². The summed E-state index contributed by atoms with van der Waals surface area (Å²) >= 11 is 0. The fourth-order valence-corrected chi connectivity index (χ4v) is 3.66. The molecule has 6 heteroatoms. The highest BCUT2D eigenvalue weighted by Gasteiger charge is 2.23. The van der Waals surface area contributed by atoms with Gasteiger partial charge in [-0.15, -0.1) is 24.0 Å². The van der Waals surface area contributed by atoms with Gasteiger partial charge >= 0.3 is 0 Å². The van der Waals surface area contributed by atoms with Crippen molar-refractivity contribution < 1.29 is 5.11 Å². The first-order chi connectivity index (χ1) is 13.7. The molecule has 1 fully saturated rings. The third-order valence-electron chi connectivity index (χ3n) is 5.40. The number of aliphatic imine (C=N–C) groups is 1. The summed E-state index contributed by atoms with van der Waals surface area (Å²) in [4.78, 5) is 7.27.